The number of carbonyl (C=O) groups excluding carboxylic acids is 1. The van der Waals surface area contributed by atoms with Gasteiger partial charge in [-0.25, -0.2) is 5.43 Å². The molecule has 0 fully saturated rings. The molecule has 0 aromatic heterocycles. The van der Waals surface area contributed by atoms with Crippen molar-refractivity contribution >= 4 is 12.1 Å². The molecule has 0 saturated heterocycles. The van der Waals surface area contributed by atoms with Gasteiger partial charge in [0, 0.05) is 12.6 Å². The third kappa shape index (κ3) is 4.76. The van der Waals surface area contributed by atoms with Crippen LogP contribution in [0.2, 0.25) is 0 Å². The van der Waals surface area contributed by atoms with E-state index in [0.29, 0.717) is 12.8 Å². The van der Waals surface area contributed by atoms with Crippen LogP contribution in [0.15, 0.2) is 65.8 Å². The van der Waals surface area contributed by atoms with Crippen LogP contribution < -0.4 is 5.43 Å². The van der Waals surface area contributed by atoms with Gasteiger partial charge in [-0.2, -0.15) is 5.10 Å². The van der Waals surface area contributed by atoms with Crippen molar-refractivity contribution in [3.8, 4) is 0 Å². The molecule has 3 nitrogen and oxygen atoms in total. The zero-order chi connectivity index (χ0) is 13.3. The fourth-order valence-electron chi connectivity index (χ4n) is 1.70. The first kappa shape index (κ1) is 13.0. The van der Waals surface area contributed by atoms with E-state index in [4.69, 9.17) is 0 Å². The Labute approximate surface area is 113 Å². The zero-order valence-electron chi connectivity index (χ0n) is 10.6. The molecule has 3 heteroatoms. The van der Waals surface area contributed by atoms with Crippen LogP contribution in [0.5, 0.6) is 0 Å². The summed E-state index contributed by atoms with van der Waals surface area (Å²) in [6.07, 6.45) is 2.77. The van der Waals surface area contributed by atoms with Crippen LogP contribution in [0.4, 0.5) is 0 Å². The van der Waals surface area contributed by atoms with Crippen LogP contribution in [-0.2, 0) is 17.6 Å². The number of benzene rings is 2. The van der Waals surface area contributed by atoms with E-state index in [1.54, 1.807) is 6.21 Å². The van der Waals surface area contributed by atoms with Crippen LogP contribution >= 0.6 is 0 Å². The summed E-state index contributed by atoms with van der Waals surface area (Å²) in [5.41, 5.74) is 4.69. The molecule has 2 aromatic rings. The Morgan fingerprint density at radius 1 is 0.947 bits per heavy atom. The predicted octanol–water partition coefficient (Wildman–Crippen LogP) is 2.57. The van der Waals surface area contributed by atoms with E-state index in [9.17, 15) is 4.79 Å². The molecule has 2 aromatic carbocycles. The molecule has 0 bridgehead atoms. The molecule has 1 N–H and O–H groups in total. The van der Waals surface area contributed by atoms with E-state index in [1.165, 1.54) is 5.56 Å². The minimum absolute atomic E-state index is 0.101. The van der Waals surface area contributed by atoms with Gasteiger partial charge in [0.15, 0.2) is 0 Å². The largest absolute Gasteiger partial charge is 0.273 e. The van der Waals surface area contributed by atoms with Crippen LogP contribution in [0.3, 0.4) is 0 Å². The zero-order valence-corrected chi connectivity index (χ0v) is 10.6. The summed E-state index contributed by atoms with van der Waals surface area (Å²) in [7, 11) is 0. The van der Waals surface area contributed by atoms with Gasteiger partial charge < -0.3 is 0 Å². The highest BCUT2D eigenvalue weighted by Crippen LogP contribution is 1.99. The van der Waals surface area contributed by atoms with Gasteiger partial charge in [-0.15, -0.1) is 0 Å². The molecule has 0 unspecified atom stereocenters. The van der Waals surface area contributed by atoms with E-state index in [2.05, 4.69) is 10.5 Å². The van der Waals surface area contributed by atoms with Crippen molar-refractivity contribution in [1.29, 1.82) is 0 Å². The normalized spacial score (nSPS) is 10.5. The molecule has 0 atom stereocenters. The SMILES string of the molecule is O=C(Cc1ccccc1)NN=CCc1ccccc1. The second-order valence-electron chi connectivity index (χ2n) is 4.20. The molecule has 96 valence electrons. The first-order valence-corrected chi connectivity index (χ1v) is 6.23. The molecular weight excluding hydrogens is 236 g/mol. The van der Waals surface area contributed by atoms with Crippen LogP contribution in [0.1, 0.15) is 11.1 Å². The lowest BCUT2D eigenvalue weighted by atomic mass is 10.1. The highest BCUT2D eigenvalue weighted by Gasteiger charge is 2.00. The van der Waals surface area contributed by atoms with Gasteiger partial charge in [0.05, 0.1) is 6.42 Å². The van der Waals surface area contributed by atoms with Crippen molar-refractivity contribution in [1.82, 2.24) is 5.43 Å². The maximum atomic E-state index is 11.6. The fourth-order valence-corrected chi connectivity index (χ4v) is 1.70. The Morgan fingerprint density at radius 2 is 1.53 bits per heavy atom. The molecule has 0 heterocycles. The third-order valence-electron chi connectivity index (χ3n) is 2.66. The number of amides is 1. The summed E-state index contributed by atoms with van der Waals surface area (Å²) in [5.74, 6) is -0.101. The van der Waals surface area contributed by atoms with E-state index < -0.39 is 0 Å². The Bertz CT molecular complexity index is 535. The Balaban J connectivity index is 1.75. The van der Waals surface area contributed by atoms with E-state index in [0.717, 1.165) is 5.56 Å². The fraction of sp³-hybridized carbons (Fsp3) is 0.125. The molecule has 0 saturated carbocycles. The summed E-state index contributed by atoms with van der Waals surface area (Å²) in [6.45, 7) is 0. The molecule has 0 spiro atoms. The van der Waals surface area contributed by atoms with E-state index in [1.807, 2.05) is 60.7 Å². The predicted molar refractivity (Wildman–Crippen MR) is 76.9 cm³/mol. The molecule has 0 aliphatic rings. The standard InChI is InChI=1S/C16H16N2O/c19-16(13-15-9-5-2-6-10-15)18-17-12-11-14-7-3-1-4-8-14/h1-10,12H,11,13H2,(H,18,19). The molecule has 19 heavy (non-hydrogen) atoms. The number of hydrazone groups is 1. The maximum absolute atomic E-state index is 11.6. The van der Waals surface area contributed by atoms with Gasteiger partial charge in [-0.05, 0) is 11.1 Å². The quantitative estimate of drug-likeness (QED) is 0.645. The van der Waals surface area contributed by atoms with Crippen molar-refractivity contribution in [2.24, 2.45) is 5.10 Å². The highest BCUT2D eigenvalue weighted by atomic mass is 16.2. The first-order valence-electron chi connectivity index (χ1n) is 6.23. The van der Waals surface area contributed by atoms with Crippen molar-refractivity contribution in [2.45, 2.75) is 12.8 Å². The van der Waals surface area contributed by atoms with E-state index in [-0.39, 0.29) is 5.91 Å². The monoisotopic (exact) mass is 252 g/mol. The molecule has 0 radical (unpaired) electrons. The van der Waals surface area contributed by atoms with Gasteiger partial charge >= 0.3 is 0 Å². The molecule has 1 amide bonds. The smallest absolute Gasteiger partial charge is 0.244 e. The summed E-state index contributed by atoms with van der Waals surface area (Å²) in [4.78, 5) is 11.6. The number of hydrogen-bond acceptors (Lipinski definition) is 2. The lowest BCUT2D eigenvalue weighted by Gasteiger charge is -2.00. The second kappa shape index (κ2) is 7.11. The van der Waals surface area contributed by atoms with Crippen molar-refractivity contribution in [3.05, 3.63) is 71.8 Å². The van der Waals surface area contributed by atoms with E-state index >= 15 is 0 Å². The topological polar surface area (TPSA) is 41.5 Å². The minimum Gasteiger partial charge on any atom is -0.273 e. The molecule has 0 aliphatic carbocycles. The summed E-state index contributed by atoms with van der Waals surface area (Å²) >= 11 is 0. The molecular formula is C16H16N2O. The summed E-state index contributed by atoms with van der Waals surface area (Å²) in [6, 6.07) is 19.6. The van der Waals surface area contributed by atoms with Gasteiger partial charge in [0.2, 0.25) is 5.91 Å². The highest BCUT2D eigenvalue weighted by molar-refractivity contribution is 5.79. The third-order valence-corrected chi connectivity index (χ3v) is 2.66. The number of nitrogens with one attached hydrogen (secondary N) is 1. The van der Waals surface area contributed by atoms with Gasteiger partial charge in [-0.3, -0.25) is 4.79 Å². The summed E-state index contributed by atoms with van der Waals surface area (Å²) in [5, 5.41) is 3.94. The number of carbonyl (C=O) groups is 1. The Morgan fingerprint density at radius 3 is 2.16 bits per heavy atom. The lowest BCUT2D eigenvalue weighted by Crippen LogP contribution is -2.19. The average Bonchev–Trinajstić information content (AvgIpc) is 2.46. The van der Waals surface area contributed by atoms with Crippen molar-refractivity contribution in [2.75, 3.05) is 0 Å². The van der Waals surface area contributed by atoms with Crippen LogP contribution in [-0.4, -0.2) is 12.1 Å². The van der Waals surface area contributed by atoms with Crippen LogP contribution in [0, 0.1) is 0 Å². The van der Waals surface area contributed by atoms with Crippen LogP contribution in [0.25, 0.3) is 0 Å². The maximum Gasteiger partial charge on any atom is 0.244 e. The van der Waals surface area contributed by atoms with Gasteiger partial charge in [0.25, 0.3) is 0 Å². The molecule has 0 aliphatic heterocycles. The second-order valence-corrected chi connectivity index (χ2v) is 4.20. The first-order chi connectivity index (χ1) is 9.34. The number of hydrogen-bond donors (Lipinski definition) is 1. The van der Waals surface area contributed by atoms with Crippen molar-refractivity contribution < 1.29 is 4.79 Å². The van der Waals surface area contributed by atoms with Gasteiger partial charge in [0.1, 0.15) is 0 Å². The Hall–Kier alpha value is -2.42. The van der Waals surface area contributed by atoms with Gasteiger partial charge in [-0.1, -0.05) is 60.7 Å². The average molecular weight is 252 g/mol. The Kier molecular flexibility index (Phi) is 4.87. The number of nitrogens with zero attached hydrogens (tertiary/aromatic N) is 1. The number of rotatable bonds is 5. The van der Waals surface area contributed by atoms with Crippen molar-refractivity contribution in [3.63, 3.8) is 0 Å². The minimum atomic E-state index is -0.101. The summed E-state index contributed by atoms with van der Waals surface area (Å²) < 4.78 is 0. The lowest BCUT2D eigenvalue weighted by molar-refractivity contribution is -0.120. The molecule has 2 rings (SSSR count).